The van der Waals surface area contributed by atoms with Gasteiger partial charge in [-0.1, -0.05) is 29.9 Å². The van der Waals surface area contributed by atoms with Crippen LogP contribution in [0.2, 0.25) is 5.02 Å². The van der Waals surface area contributed by atoms with Gasteiger partial charge in [-0.25, -0.2) is 0 Å². The lowest BCUT2D eigenvalue weighted by molar-refractivity contribution is 0.0622. The molecule has 1 saturated heterocycles. The van der Waals surface area contributed by atoms with Crippen molar-refractivity contribution < 1.29 is 4.79 Å². The van der Waals surface area contributed by atoms with Crippen molar-refractivity contribution in [3.8, 4) is 0 Å². The maximum atomic E-state index is 12.5. The quantitative estimate of drug-likeness (QED) is 0.806. The van der Waals surface area contributed by atoms with E-state index in [1.54, 1.807) is 6.07 Å². The number of piperazine rings is 1. The first-order chi connectivity index (χ1) is 9.91. The fourth-order valence-electron chi connectivity index (χ4n) is 2.33. The maximum absolute atomic E-state index is 12.5. The van der Waals surface area contributed by atoms with Crippen LogP contribution in [0.4, 0.5) is 0 Å². The molecule has 0 aromatic heterocycles. The normalized spacial score (nSPS) is 17.6. The second kappa shape index (κ2) is 7.05. The summed E-state index contributed by atoms with van der Waals surface area (Å²) in [5.74, 6) is -0.0380. The Morgan fingerprint density at radius 2 is 2.00 bits per heavy atom. The summed E-state index contributed by atoms with van der Waals surface area (Å²) in [7, 11) is 0. The second-order valence-electron chi connectivity index (χ2n) is 5.01. The number of thiocarbonyl (C=S) groups is 1. The van der Waals surface area contributed by atoms with E-state index in [1.165, 1.54) is 0 Å². The highest BCUT2D eigenvalue weighted by atomic mass is 79.9. The number of carbonyl (C=O) groups excluding carboxylic acids is 1. The summed E-state index contributed by atoms with van der Waals surface area (Å²) in [5, 5.41) is 0.460. The van der Waals surface area contributed by atoms with Gasteiger partial charge in [0.1, 0.15) is 0 Å². The molecule has 21 heavy (non-hydrogen) atoms. The molecule has 1 fully saturated rings. The number of nitrogens with two attached hydrogens (primary N) is 1. The fourth-order valence-corrected chi connectivity index (χ4v) is 3.05. The highest BCUT2D eigenvalue weighted by Crippen LogP contribution is 2.27. The fraction of sp³-hybridized carbons (Fsp3) is 0.429. The average molecular weight is 391 g/mol. The third-order valence-electron chi connectivity index (χ3n) is 3.74. The van der Waals surface area contributed by atoms with Crippen molar-refractivity contribution >= 4 is 50.6 Å². The zero-order chi connectivity index (χ0) is 15.6. The molecule has 0 saturated carbocycles. The maximum Gasteiger partial charge on any atom is 0.255 e. The Kier molecular flexibility index (Phi) is 5.60. The monoisotopic (exact) mass is 389 g/mol. The van der Waals surface area contributed by atoms with Gasteiger partial charge in [0.25, 0.3) is 5.91 Å². The lowest BCUT2D eigenvalue weighted by Crippen LogP contribution is -2.54. The van der Waals surface area contributed by atoms with E-state index in [0.29, 0.717) is 28.7 Å². The van der Waals surface area contributed by atoms with Gasteiger partial charge in [-0.15, -0.1) is 0 Å². The van der Waals surface area contributed by atoms with Gasteiger partial charge in [0.15, 0.2) is 0 Å². The Bertz CT molecular complexity index is 561. The topological polar surface area (TPSA) is 49.6 Å². The van der Waals surface area contributed by atoms with Crippen LogP contribution in [0.3, 0.4) is 0 Å². The molecule has 1 unspecified atom stereocenters. The molecule has 0 spiro atoms. The van der Waals surface area contributed by atoms with Gasteiger partial charge >= 0.3 is 0 Å². The van der Waals surface area contributed by atoms with Gasteiger partial charge in [0.05, 0.1) is 21.6 Å². The number of benzene rings is 1. The number of nitrogens with zero attached hydrogens (tertiary/aromatic N) is 2. The zero-order valence-corrected chi connectivity index (χ0v) is 14.8. The van der Waals surface area contributed by atoms with E-state index in [0.717, 1.165) is 17.6 Å². The summed E-state index contributed by atoms with van der Waals surface area (Å²) in [6, 6.07) is 5.45. The second-order valence-corrected chi connectivity index (χ2v) is 6.71. The summed E-state index contributed by atoms with van der Waals surface area (Å²) in [4.78, 5) is 17.0. The van der Waals surface area contributed by atoms with Crippen molar-refractivity contribution in [3.05, 3.63) is 33.3 Å². The highest BCUT2D eigenvalue weighted by molar-refractivity contribution is 9.10. The minimum atomic E-state index is -0.0380. The van der Waals surface area contributed by atoms with E-state index in [1.807, 2.05) is 24.0 Å². The van der Waals surface area contributed by atoms with Crippen LogP contribution in [-0.2, 0) is 0 Å². The number of hydrogen-bond donors (Lipinski definition) is 1. The minimum absolute atomic E-state index is 0.0380. The van der Waals surface area contributed by atoms with Crippen LogP contribution < -0.4 is 5.73 Å². The molecule has 1 aliphatic rings. The first kappa shape index (κ1) is 16.7. The molecule has 0 radical (unpaired) electrons. The Morgan fingerprint density at radius 3 is 2.57 bits per heavy atom. The first-order valence-corrected chi connectivity index (χ1v) is 8.26. The molecule has 1 aromatic rings. The number of amides is 1. The van der Waals surface area contributed by atoms with Crippen molar-refractivity contribution in [2.75, 3.05) is 26.2 Å². The number of rotatable bonds is 3. The molecule has 7 heteroatoms. The number of halogens is 2. The molecule has 0 aliphatic carbocycles. The van der Waals surface area contributed by atoms with Crippen LogP contribution in [-0.4, -0.2) is 52.9 Å². The summed E-state index contributed by atoms with van der Waals surface area (Å²) in [6.45, 7) is 4.81. The third-order valence-corrected chi connectivity index (χ3v) is 5.38. The van der Waals surface area contributed by atoms with Gasteiger partial charge in [-0.05, 0) is 35.0 Å². The molecule has 4 nitrogen and oxygen atoms in total. The van der Waals surface area contributed by atoms with Crippen LogP contribution in [0.5, 0.6) is 0 Å². The smallest absolute Gasteiger partial charge is 0.255 e. The predicted octanol–water partition coefficient (Wildman–Crippen LogP) is 2.53. The lowest BCUT2D eigenvalue weighted by atomic mass is 10.1. The number of hydrogen-bond acceptors (Lipinski definition) is 3. The largest absolute Gasteiger partial charge is 0.392 e. The molecule has 1 heterocycles. The summed E-state index contributed by atoms with van der Waals surface area (Å²) in [6.07, 6.45) is 0. The molecule has 1 amide bonds. The number of carbonyl (C=O) groups is 1. The van der Waals surface area contributed by atoms with Crippen LogP contribution in [0.25, 0.3) is 0 Å². The van der Waals surface area contributed by atoms with Crippen LogP contribution in [0, 0.1) is 0 Å². The molecule has 2 rings (SSSR count). The van der Waals surface area contributed by atoms with E-state index in [2.05, 4.69) is 20.8 Å². The van der Waals surface area contributed by atoms with Gasteiger partial charge in [0.2, 0.25) is 0 Å². The van der Waals surface area contributed by atoms with E-state index < -0.39 is 0 Å². The van der Waals surface area contributed by atoms with Crippen molar-refractivity contribution in [1.82, 2.24) is 9.80 Å². The minimum Gasteiger partial charge on any atom is -0.392 e. The van der Waals surface area contributed by atoms with Crippen LogP contribution in [0.1, 0.15) is 17.3 Å². The SMILES string of the molecule is CC(C(N)=S)N1CCN(C(=O)c2cccc(Br)c2Cl)CC1. The molecule has 1 aromatic carbocycles. The molecule has 1 atom stereocenters. The van der Waals surface area contributed by atoms with Crippen LogP contribution in [0.15, 0.2) is 22.7 Å². The predicted molar refractivity (Wildman–Crippen MR) is 92.9 cm³/mol. The third kappa shape index (κ3) is 3.74. The molecule has 114 valence electrons. The first-order valence-electron chi connectivity index (χ1n) is 6.68. The Morgan fingerprint density at radius 1 is 1.38 bits per heavy atom. The summed E-state index contributed by atoms with van der Waals surface area (Å²) < 4.78 is 0.732. The van der Waals surface area contributed by atoms with Gasteiger partial charge < -0.3 is 10.6 Å². The van der Waals surface area contributed by atoms with Crippen molar-refractivity contribution in [3.63, 3.8) is 0 Å². The van der Waals surface area contributed by atoms with E-state index in [4.69, 9.17) is 29.6 Å². The van der Waals surface area contributed by atoms with E-state index >= 15 is 0 Å². The Hall–Kier alpha value is -0.690. The Balaban J connectivity index is 2.04. The van der Waals surface area contributed by atoms with E-state index in [-0.39, 0.29) is 11.9 Å². The van der Waals surface area contributed by atoms with Crippen molar-refractivity contribution in [2.45, 2.75) is 13.0 Å². The van der Waals surface area contributed by atoms with Crippen molar-refractivity contribution in [1.29, 1.82) is 0 Å². The molecular weight excluding hydrogens is 374 g/mol. The van der Waals surface area contributed by atoms with Crippen LogP contribution >= 0.6 is 39.7 Å². The lowest BCUT2D eigenvalue weighted by Gasteiger charge is -2.37. The van der Waals surface area contributed by atoms with Gasteiger partial charge in [0, 0.05) is 30.7 Å². The molecule has 1 aliphatic heterocycles. The molecular formula is C14H17BrClN3OS. The summed E-state index contributed by atoms with van der Waals surface area (Å²) >= 11 is 14.6. The van der Waals surface area contributed by atoms with Crippen molar-refractivity contribution in [2.24, 2.45) is 5.73 Å². The van der Waals surface area contributed by atoms with Gasteiger partial charge in [-0.3, -0.25) is 9.69 Å². The van der Waals surface area contributed by atoms with E-state index in [9.17, 15) is 4.79 Å². The van der Waals surface area contributed by atoms with Gasteiger partial charge in [-0.2, -0.15) is 0 Å². The molecule has 2 N–H and O–H groups in total. The average Bonchev–Trinajstić information content (AvgIpc) is 2.48. The Labute approximate surface area is 143 Å². The molecule has 0 bridgehead atoms. The summed E-state index contributed by atoms with van der Waals surface area (Å²) in [5.41, 5.74) is 6.20. The standard InChI is InChI=1S/C14H17BrClN3OS/c1-9(13(17)21)18-5-7-19(8-6-18)14(20)10-3-2-4-11(15)12(10)16/h2-4,9H,5-8H2,1H3,(H2,17,21). The zero-order valence-electron chi connectivity index (χ0n) is 11.7. The highest BCUT2D eigenvalue weighted by Gasteiger charge is 2.26.